The number of nitrogens with one attached hydrogen (secondary N) is 1. The van der Waals surface area contributed by atoms with E-state index in [1.807, 2.05) is 13.1 Å². The number of fused-ring (bicyclic) bond motifs is 1. The quantitative estimate of drug-likeness (QED) is 0.861. The predicted molar refractivity (Wildman–Crippen MR) is 89.4 cm³/mol. The molecule has 1 aromatic heterocycles. The van der Waals surface area contributed by atoms with Crippen molar-refractivity contribution >= 4 is 17.0 Å². The molecule has 0 amide bonds. The molecule has 1 aromatic carbocycles. The van der Waals surface area contributed by atoms with Crippen LogP contribution in [-0.4, -0.2) is 13.6 Å². The van der Waals surface area contributed by atoms with Crippen LogP contribution in [0.4, 0.5) is 0 Å². The van der Waals surface area contributed by atoms with Crippen LogP contribution in [0.2, 0.25) is 0 Å². The van der Waals surface area contributed by atoms with E-state index in [0.29, 0.717) is 0 Å². The zero-order valence-corrected chi connectivity index (χ0v) is 13.1. The van der Waals surface area contributed by atoms with Gasteiger partial charge in [0.25, 0.3) is 0 Å². The summed E-state index contributed by atoms with van der Waals surface area (Å²) in [6.45, 7) is 3.05. The van der Waals surface area contributed by atoms with E-state index in [1.54, 1.807) is 0 Å². The van der Waals surface area contributed by atoms with Crippen molar-refractivity contribution in [2.75, 3.05) is 13.6 Å². The number of likely N-dealkylation sites (N-methyl/N-ethyl adjacent to an activating group) is 1. The number of para-hydroxylation sites is 1. The van der Waals surface area contributed by atoms with E-state index in [1.165, 1.54) is 48.6 Å². The lowest BCUT2D eigenvalue weighted by molar-refractivity contribution is 0.398. The molecule has 0 saturated heterocycles. The molecule has 0 unspecified atom stereocenters. The highest BCUT2D eigenvalue weighted by Crippen LogP contribution is 2.33. The highest BCUT2D eigenvalue weighted by Gasteiger charge is 2.18. The summed E-state index contributed by atoms with van der Waals surface area (Å²) in [5, 5.41) is 4.58. The van der Waals surface area contributed by atoms with Crippen LogP contribution >= 0.6 is 0 Å². The lowest BCUT2D eigenvalue weighted by Crippen LogP contribution is -2.19. The summed E-state index contributed by atoms with van der Waals surface area (Å²) in [4.78, 5) is 0. The van der Waals surface area contributed by atoms with E-state index in [4.69, 9.17) is 4.42 Å². The van der Waals surface area contributed by atoms with E-state index in [-0.39, 0.29) is 0 Å². The van der Waals surface area contributed by atoms with Gasteiger partial charge in [-0.05, 0) is 38.8 Å². The summed E-state index contributed by atoms with van der Waals surface area (Å²) in [6.07, 6.45) is 9.20. The zero-order chi connectivity index (χ0) is 14.7. The van der Waals surface area contributed by atoms with Gasteiger partial charge < -0.3 is 9.73 Å². The van der Waals surface area contributed by atoms with Crippen LogP contribution in [0.3, 0.4) is 0 Å². The molecule has 2 aromatic rings. The summed E-state index contributed by atoms with van der Waals surface area (Å²) in [5.74, 6) is 1.76. The van der Waals surface area contributed by atoms with Crippen LogP contribution in [0.15, 0.2) is 34.3 Å². The first-order chi connectivity index (χ1) is 10.3. The molecule has 0 radical (unpaired) electrons. The lowest BCUT2D eigenvalue weighted by atomic mass is 9.83. The number of furan rings is 1. The Kier molecular flexibility index (Phi) is 4.45. The molecule has 0 aliphatic heterocycles. The first-order valence-corrected chi connectivity index (χ1v) is 8.13. The fraction of sp³-hybridized carbons (Fsp3) is 0.474. The molecule has 1 saturated carbocycles. The first-order valence-electron chi connectivity index (χ1n) is 8.13. The third kappa shape index (κ3) is 3.06. The van der Waals surface area contributed by atoms with Crippen LogP contribution in [0, 0.1) is 12.8 Å². The second-order valence-electron chi connectivity index (χ2n) is 6.15. The molecule has 1 heterocycles. The second-order valence-corrected chi connectivity index (χ2v) is 6.15. The molecule has 112 valence electrons. The number of hydrogen-bond donors (Lipinski definition) is 1. The van der Waals surface area contributed by atoms with Crippen LogP contribution in [0.1, 0.15) is 43.4 Å². The summed E-state index contributed by atoms with van der Waals surface area (Å²) >= 11 is 0. The van der Waals surface area contributed by atoms with Crippen LogP contribution in [-0.2, 0) is 0 Å². The van der Waals surface area contributed by atoms with Crippen molar-refractivity contribution in [2.45, 2.75) is 39.0 Å². The zero-order valence-electron chi connectivity index (χ0n) is 13.1. The van der Waals surface area contributed by atoms with Gasteiger partial charge in [-0.25, -0.2) is 0 Å². The summed E-state index contributed by atoms with van der Waals surface area (Å²) in [6, 6.07) is 8.34. The van der Waals surface area contributed by atoms with Crippen molar-refractivity contribution < 1.29 is 4.42 Å². The Bertz CT molecular complexity index is 632. The van der Waals surface area contributed by atoms with Gasteiger partial charge in [0.1, 0.15) is 11.3 Å². The van der Waals surface area contributed by atoms with Gasteiger partial charge in [0, 0.05) is 17.5 Å². The third-order valence-corrected chi connectivity index (χ3v) is 4.66. The minimum atomic E-state index is 0.735. The Labute approximate surface area is 127 Å². The van der Waals surface area contributed by atoms with Crippen molar-refractivity contribution in [1.82, 2.24) is 5.32 Å². The Hall–Kier alpha value is -1.54. The number of hydrogen-bond acceptors (Lipinski definition) is 2. The Morgan fingerprint density at radius 3 is 2.76 bits per heavy atom. The van der Waals surface area contributed by atoms with Gasteiger partial charge in [-0.15, -0.1) is 0 Å². The molecule has 3 rings (SSSR count). The maximum Gasteiger partial charge on any atom is 0.134 e. The van der Waals surface area contributed by atoms with E-state index >= 15 is 0 Å². The molecular formula is C19H25NO. The van der Waals surface area contributed by atoms with E-state index < -0.39 is 0 Å². The van der Waals surface area contributed by atoms with Crippen LogP contribution in [0.25, 0.3) is 17.0 Å². The van der Waals surface area contributed by atoms with E-state index in [2.05, 4.69) is 36.5 Å². The molecular weight excluding hydrogens is 258 g/mol. The topological polar surface area (TPSA) is 25.2 Å². The molecule has 0 spiro atoms. The average Bonchev–Trinajstić information content (AvgIpc) is 2.84. The Morgan fingerprint density at radius 2 is 2.00 bits per heavy atom. The van der Waals surface area contributed by atoms with Gasteiger partial charge in [-0.1, -0.05) is 49.1 Å². The molecule has 1 fully saturated rings. The van der Waals surface area contributed by atoms with E-state index in [9.17, 15) is 0 Å². The highest BCUT2D eigenvalue weighted by molar-refractivity contribution is 5.88. The smallest absolute Gasteiger partial charge is 0.134 e. The van der Waals surface area contributed by atoms with Gasteiger partial charge >= 0.3 is 0 Å². The Balaban J connectivity index is 2.00. The van der Waals surface area contributed by atoms with Gasteiger partial charge in [0.15, 0.2) is 0 Å². The van der Waals surface area contributed by atoms with Gasteiger partial charge in [0.2, 0.25) is 0 Å². The van der Waals surface area contributed by atoms with E-state index in [0.717, 1.165) is 23.8 Å². The van der Waals surface area contributed by atoms with Crippen LogP contribution < -0.4 is 5.32 Å². The molecule has 1 N–H and O–H groups in total. The largest absolute Gasteiger partial charge is 0.461 e. The molecule has 1 aliphatic rings. The highest BCUT2D eigenvalue weighted by atomic mass is 16.3. The monoisotopic (exact) mass is 283 g/mol. The van der Waals surface area contributed by atoms with Crippen molar-refractivity contribution in [3.63, 3.8) is 0 Å². The standard InChI is InChI=1S/C19H25NO/c1-14-18(17-10-6-7-11-19(17)21-14)12-16(13-20-2)15-8-4-3-5-9-15/h6-7,10-12,15,20H,3-5,8-9,13H2,1-2H3/b16-12-. The number of rotatable bonds is 4. The first kappa shape index (κ1) is 14.4. The maximum absolute atomic E-state index is 5.90. The van der Waals surface area contributed by atoms with Crippen molar-refractivity contribution in [3.8, 4) is 0 Å². The number of aryl methyl sites for hydroxylation is 1. The minimum absolute atomic E-state index is 0.735. The maximum atomic E-state index is 5.90. The van der Waals surface area contributed by atoms with Crippen molar-refractivity contribution in [3.05, 3.63) is 41.2 Å². The molecule has 21 heavy (non-hydrogen) atoms. The summed E-state index contributed by atoms with van der Waals surface area (Å²) < 4.78 is 5.90. The second kappa shape index (κ2) is 6.48. The SMILES string of the molecule is CNC/C(=C/c1c(C)oc2ccccc12)C1CCCCC1. The third-order valence-electron chi connectivity index (χ3n) is 4.66. The fourth-order valence-electron chi connectivity index (χ4n) is 3.54. The summed E-state index contributed by atoms with van der Waals surface area (Å²) in [5.41, 5.74) is 3.79. The lowest BCUT2D eigenvalue weighted by Gasteiger charge is -2.24. The molecule has 0 bridgehead atoms. The van der Waals surface area contributed by atoms with Gasteiger partial charge in [-0.3, -0.25) is 0 Å². The minimum Gasteiger partial charge on any atom is -0.461 e. The van der Waals surface area contributed by atoms with Gasteiger partial charge in [-0.2, -0.15) is 0 Å². The van der Waals surface area contributed by atoms with Crippen LogP contribution in [0.5, 0.6) is 0 Å². The van der Waals surface area contributed by atoms with Crippen molar-refractivity contribution in [1.29, 1.82) is 0 Å². The molecule has 1 aliphatic carbocycles. The fourth-order valence-corrected chi connectivity index (χ4v) is 3.54. The predicted octanol–water partition coefficient (Wildman–Crippen LogP) is 4.92. The number of benzene rings is 1. The molecule has 0 atom stereocenters. The summed E-state index contributed by atoms with van der Waals surface area (Å²) in [7, 11) is 2.04. The normalized spacial score (nSPS) is 17.5. The van der Waals surface area contributed by atoms with Gasteiger partial charge in [0.05, 0.1) is 0 Å². The average molecular weight is 283 g/mol. The van der Waals surface area contributed by atoms with Crippen molar-refractivity contribution in [2.24, 2.45) is 5.92 Å². The molecule has 2 nitrogen and oxygen atoms in total. The Morgan fingerprint density at radius 1 is 1.24 bits per heavy atom. The molecule has 2 heteroatoms.